The Bertz CT molecular complexity index is 393. The Morgan fingerprint density at radius 3 is 2.00 bits per heavy atom. The molecule has 24 heavy (non-hydrogen) atoms. The van der Waals surface area contributed by atoms with E-state index in [0.717, 1.165) is 13.5 Å². The number of hydrogen-bond acceptors (Lipinski definition) is 4. The van der Waals surface area contributed by atoms with Crippen molar-refractivity contribution in [1.82, 2.24) is 0 Å². The molecular weight excluding hydrogens is 304 g/mol. The first-order chi connectivity index (χ1) is 11.4. The third kappa shape index (κ3) is 11.2. The molecule has 0 amide bonds. The van der Waals surface area contributed by atoms with E-state index >= 15 is 0 Å². The van der Waals surface area contributed by atoms with Gasteiger partial charge in [0.2, 0.25) is 0 Å². The summed E-state index contributed by atoms with van der Waals surface area (Å²) in [6.07, 6.45) is 2.88. The van der Waals surface area contributed by atoms with Crippen LogP contribution < -0.4 is 0 Å². The van der Waals surface area contributed by atoms with Crippen molar-refractivity contribution in [2.75, 3.05) is 20.3 Å². The molecule has 140 valence electrons. The molecule has 1 rings (SSSR count). The van der Waals surface area contributed by atoms with E-state index in [9.17, 15) is 4.79 Å². The van der Waals surface area contributed by atoms with Crippen LogP contribution in [0.1, 0.15) is 64.5 Å². The average Bonchev–Trinajstić information content (AvgIpc) is 2.58. The molecule has 0 aliphatic carbocycles. The second-order valence-corrected chi connectivity index (χ2v) is 6.47. The molecule has 0 aromatic heterocycles. The topological polar surface area (TPSA) is 66.8 Å². The Balaban J connectivity index is 0. The summed E-state index contributed by atoms with van der Waals surface area (Å²) >= 11 is 0. The fourth-order valence-electron chi connectivity index (χ4n) is 2.53. The van der Waals surface area contributed by atoms with Gasteiger partial charge in [0.25, 0.3) is 6.47 Å². The summed E-state index contributed by atoms with van der Waals surface area (Å²) < 4.78 is 4.23. The Labute approximate surface area is 147 Å². The van der Waals surface area contributed by atoms with Gasteiger partial charge >= 0.3 is 0 Å². The van der Waals surface area contributed by atoms with Crippen LogP contribution in [0, 0.1) is 5.41 Å². The van der Waals surface area contributed by atoms with Crippen LogP contribution in [0.15, 0.2) is 24.3 Å². The number of ether oxygens (including phenoxy) is 1. The van der Waals surface area contributed by atoms with Gasteiger partial charge in [-0.3, -0.25) is 4.79 Å². The van der Waals surface area contributed by atoms with Crippen LogP contribution in [-0.2, 0) is 16.0 Å². The zero-order valence-electron chi connectivity index (χ0n) is 16.2. The second-order valence-electron chi connectivity index (χ2n) is 6.47. The SMILES string of the molecule is CCc1ccc(C(CC)C(C)(C)C)cc1.CO.O=COCCCO. The van der Waals surface area contributed by atoms with Gasteiger partial charge in [-0.25, -0.2) is 0 Å². The lowest BCUT2D eigenvalue weighted by Gasteiger charge is -2.30. The molecule has 1 atom stereocenters. The maximum atomic E-state index is 9.38. The molecule has 0 bridgehead atoms. The zero-order valence-corrected chi connectivity index (χ0v) is 16.2. The summed E-state index contributed by atoms with van der Waals surface area (Å²) in [6.45, 7) is 12.2. The summed E-state index contributed by atoms with van der Waals surface area (Å²) in [7, 11) is 1.00. The number of aliphatic hydroxyl groups excluding tert-OH is 2. The van der Waals surface area contributed by atoms with Gasteiger partial charge in [0, 0.05) is 20.1 Å². The number of hydrogen-bond donors (Lipinski definition) is 2. The van der Waals surface area contributed by atoms with Gasteiger partial charge in [0.15, 0.2) is 0 Å². The van der Waals surface area contributed by atoms with E-state index in [1.54, 1.807) is 0 Å². The molecule has 0 saturated heterocycles. The molecule has 0 aliphatic heterocycles. The van der Waals surface area contributed by atoms with E-state index in [4.69, 9.17) is 10.2 Å². The van der Waals surface area contributed by atoms with Crippen LogP contribution >= 0.6 is 0 Å². The van der Waals surface area contributed by atoms with Crippen LogP contribution in [0.5, 0.6) is 0 Å². The Morgan fingerprint density at radius 1 is 1.12 bits per heavy atom. The molecular formula is C20H36O4. The molecule has 2 N–H and O–H groups in total. The highest BCUT2D eigenvalue weighted by molar-refractivity contribution is 5.36. The van der Waals surface area contributed by atoms with Crippen molar-refractivity contribution in [2.45, 2.75) is 59.8 Å². The van der Waals surface area contributed by atoms with Crippen molar-refractivity contribution in [2.24, 2.45) is 5.41 Å². The number of rotatable bonds is 7. The minimum Gasteiger partial charge on any atom is -0.468 e. The minimum absolute atomic E-state index is 0.0772. The molecule has 4 heteroatoms. The van der Waals surface area contributed by atoms with Gasteiger partial charge in [-0.05, 0) is 35.3 Å². The van der Waals surface area contributed by atoms with Gasteiger partial charge in [0.05, 0.1) is 6.61 Å². The lowest BCUT2D eigenvalue weighted by molar-refractivity contribution is -0.128. The third-order valence-electron chi connectivity index (χ3n) is 3.73. The largest absolute Gasteiger partial charge is 0.468 e. The highest BCUT2D eigenvalue weighted by Gasteiger charge is 2.24. The summed E-state index contributed by atoms with van der Waals surface area (Å²) in [4.78, 5) is 9.38. The minimum atomic E-state index is 0.0772. The van der Waals surface area contributed by atoms with Crippen LogP contribution in [-0.4, -0.2) is 37.0 Å². The maximum Gasteiger partial charge on any atom is 0.293 e. The molecule has 0 fully saturated rings. The van der Waals surface area contributed by atoms with E-state index in [2.05, 4.69) is 63.6 Å². The van der Waals surface area contributed by atoms with Crippen molar-refractivity contribution in [3.63, 3.8) is 0 Å². The van der Waals surface area contributed by atoms with E-state index in [0.29, 0.717) is 30.8 Å². The molecule has 0 spiro atoms. The number of benzene rings is 1. The van der Waals surface area contributed by atoms with E-state index in [1.165, 1.54) is 17.5 Å². The van der Waals surface area contributed by atoms with E-state index < -0.39 is 0 Å². The molecule has 4 nitrogen and oxygen atoms in total. The van der Waals surface area contributed by atoms with Crippen molar-refractivity contribution in [3.05, 3.63) is 35.4 Å². The number of aryl methyl sites for hydroxylation is 1. The molecule has 1 aromatic carbocycles. The van der Waals surface area contributed by atoms with Crippen molar-refractivity contribution in [3.8, 4) is 0 Å². The normalized spacial score (nSPS) is 11.3. The second kappa shape index (κ2) is 15.2. The maximum absolute atomic E-state index is 9.38. The lowest BCUT2D eigenvalue weighted by atomic mass is 9.75. The van der Waals surface area contributed by atoms with Crippen molar-refractivity contribution in [1.29, 1.82) is 0 Å². The van der Waals surface area contributed by atoms with Crippen LogP contribution in [0.4, 0.5) is 0 Å². The van der Waals surface area contributed by atoms with Crippen molar-refractivity contribution >= 4 is 6.47 Å². The number of carbonyl (C=O) groups excluding carboxylic acids is 1. The van der Waals surface area contributed by atoms with Crippen LogP contribution in [0.3, 0.4) is 0 Å². The lowest BCUT2D eigenvalue weighted by Crippen LogP contribution is -2.17. The molecule has 1 aromatic rings. The average molecular weight is 341 g/mol. The fourth-order valence-corrected chi connectivity index (χ4v) is 2.53. The number of carbonyl (C=O) groups is 1. The molecule has 1 unspecified atom stereocenters. The monoisotopic (exact) mass is 340 g/mol. The highest BCUT2D eigenvalue weighted by atomic mass is 16.5. The van der Waals surface area contributed by atoms with Crippen LogP contribution in [0.2, 0.25) is 0 Å². The van der Waals surface area contributed by atoms with Crippen LogP contribution in [0.25, 0.3) is 0 Å². The zero-order chi connectivity index (χ0) is 19.0. The van der Waals surface area contributed by atoms with Crippen molar-refractivity contribution < 1.29 is 19.7 Å². The summed E-state index contributed by atoms with van der Waals surface area (Å²) in [5.41, 5.74) is 3.28. The smallest absolute Gasteiger partial charge is 0.293 e. The van der Waals surface area contributed by atoms with Gasteiger partial charge in [-0.2, -0.15) is 0 Å². The van der Waals surface area contributed by atoms with Gasteiger partial charge in [-0.15, -0.1) is 0 Å². The predicted molar refractivity (Wildman–Crippen MR) is 100 cm³/mol. The summed E-state index contributed by atoms with van der Waals surface area (Å²) in [6, 6.07) is 9.14. The summed E-state index contributed by atoms with van der Waals surface area (Å²) in [5, 5.41) is 15.1. The quantitative estimate of drug-likeness (QED) is 0.583. The predicted octanol–water partition coefficient (Wildman–Crippen LogP) is 3.94. The van der Waals surface area contributed by atoms with Gasteiger partial charge in [-0.1, -0.05) is 58.9 Å². The number of aliphatic hydroxyl groups is 2. The Kier molecular flexibility index (Phi) is 15.7. The highest BCUT2D eigenvalue weighted by Crippen LogP contribution is 2.37. The first kappa shape index (κ1) is 24.9. The molecule has 0 heterocycles. The van der Waals surface area contributed by atoms with E-state index in [-0.39, 0.29) is 6.61 Å². The molecule has 0 radical (unpaired) electrons. The molecule has 0 aliphatic rings. The standard InChI is InChI=1S/C15H24.C4H8O3.CH4O/c1-6-12-8-10-13(11-9-12)14(7-2)15(3,4)5;5-2-1-3-7-4-6;1-2/h8-11,14H,6-7H2,1-5H3;4-5H,1-3H2;2H,1H3. The first-order valence-corrected chi connectivity index (χ1v) is 8.60. The van der Waals surface area contributed by atoms with E-state index in [1.807, 2.05) is 0 Å². The fraction of sp³-hybridized carbons (Fsp3) is 0.650. The van der Waals surface area contributed by atoms with Gasteiger partial charge in [0.1, 0.15) is 0 Å². The Morgan fingerprint density at radius 2 is 1.67 bits per heavy atom. The molecule has 0 saturated carbocycles. The third-order valence-corrected chi connectivity index (χ3v) is 3.73. The first-order valence-electron chi connectivity index (χ1n) is 8.60. The summed E-state index contributed by atoms with van der Waals surface area (Å²) in [5.74, 6) is 0.670. The Hall–Kier alpha value is -1.39. The van der Waals surface area contributed by atoms with Gasteiger partial charge < -0.3 is 14.9 Å².